The van der Waals surface area contributed by atoms with E-state index in [0.717, 1.165) is 28.8 Å². The zero-order chi connectivity index (χ0) is 9.42. The minimum absolute atomic E-state index is 0.0978. The first-order chi connectivity index (χ1) is 6.22. The maximum atomic E-state index is 10.7. The van der Waals surface area contributed by atoms with Gasteiger partial charge < -0.3 is 0 Å². The summed E-state index contributed by atoms with van der Waals surface area (Å²) >= 11 is 0. The Morgan fingerprint density at radius 3 is 2.92 bits per heavy atom. The van der Waals surface area contributed by atoms with Crippen LogP contribution in [0.5, 0.6) is 0 Å². The van der Waals surface area contributed by atoms with Gasteiger partial charge in [-0.2, -0.15) is 10.2 Å². The predicted molar refractivity (Wildman–Crippen MR) is 49.2 cm³/mol. The Balaban J connectivity index is 2.55. The molecule has 1 aliphatic carbocycles. The summed E-state index contributed by atoms with van der Waals surface area (Å²) < 4.78 is 0. The second kappa shape index (κ2) is 2.76. The number of hydrogen-bond donors (Lipinski definition) is 0. The molecule has 0 amide bonds. The van der Waals surface area contributed by atoms with Gasteiger partial charge in [0.15, 0.2) is 0 Å². The lowest BCUT2D eigenvalue weighted by molar-refractivity contribution is -0.105. The molecule has 1 aliphatic rings. The van der Waals surface area contributed by atoms with Crippen LogP contribution < -0.4 is 0 Å². The molecule has 0 bridgehead atoms. The lowest BCUT2D eigenvalue weighted by Crippen LogP contribution is -1.99. The molecule has 0 N–H and O–H groups in total. The van der Waals surface area contributed by atoms with Crippen molar-refractivity contribution in [2.24, 2.45) is 0 Å². The van der Waals surface area contributed by atoms with Gasteiger partial charge in [0.2, 0.25) is 0 Å². The Hall–Kier alpha value is -1.51. The third-order valence-electron chi connectivity index (χ3n) is 2.34. The van der Waals surface area contributed by atoms with Gasteiger partial charge in [0.25, 0.3) is 0 Å². The van der Waals surface area contributed by atoms with Gasteiger partial charge in [0.05, 0.1) is 11.4 Å². The first-order valence-corrected chi connectivity index (χ1v) is 4.23. The summed E-state index contributed by atoms with van der Waals surface area (Å²) in [6.45, 7) is 3.86. The highest BCUT2D eigenvalue weighted by atomic mass is 16.1. The monoisotopic (exact) mass is 174 g/mol. The minimum atomic E-state index is 0.0978. The Labute approximate surface area is 76.5 Å². The van der Waals surface area contributed by atoms with E-state index < -0.39 is 0 Å². The molecule has 0 saturated carbocycles. The number of fused-ring (bicyclic) bond motifs is 1. The Bertz CT molecular complexity index is 396. The maximum absolute atomic E-state index is 10.7. The average Bonchev–Trinajstić information content (AvgIpc) is 2.42. The van der Waals surface area contributed by atoms with Crippen molar-refractivity contribution in [3.63, 3.8) is 0 Å². The number of aromatic nitrogens is 2. The second-order valence-corrected chi connectivity index (χ2v) is 3.31. The van der Waals surface area contributed by atoms with Crippen molar-refractivity contribution in [3.8, 4) is 0 Å². The summed E-state index contributed by atoms with van der Waals surface area (Å²) in [5, 5.41) is 8.05. The zero-order valence-electron chi connectivity index (χ0n) is 7.61. The fourth-order valence-electron chi connectivity index (χ4n) is 1.57. The fraction of sp³-hybridized carbons (Fsp3) is 0.300. The van der Waals surface area contributed by atoms with Gasteiger partial charge in [-0.15, -0.1) is 0 Å². The van der Waals surface area contributed by atoms with Crippen molar-refractivity contribution < 1.29 is 4.79 Å². The van der Waals surface area contributed by atoms with Crippen molar-refractivity contribution in [2.75, 3.05) is 0 Å². The molecule has 0 aromatic carbocycles. The van der Waals surface area contributed by atoms with Gasteiger partial charge in [-0.25, -0.2) is 0 Å². The molecule has 0 spiro atoms. The molecule has 1 aromatic rings. The first kappa shape index (κ1) is 8.10. The smallest absolute Gasteiger partial charge is 0.146 e. The van der Waals surface area contributed by atoms with Gasteiger partial charge in [-0.3, -0.25) is 4.79 Å². The lowest BCUT2D eigenvalue weighted by Gasteiger charge is -2.03. The van der Waals surface area contributed by atoms with E-state index >= 15 is 0 Å². The van der Waals surface area contributed by atoms with Crippen LogP contribution in [-0.2, 0) is 4.79 Å². The Kier molecular flexibility index (Phi) is 1.72. The molecule has 0 aliphatic heterocycles. The summed E-state index contributed by atoms with van der Waals surface area (Å²) in [4.78, 5) is 10.7. The molecule has 66 valence electrons. The van der Waals surface area contributed by atoms with Crippen molar-refractivity contribution >= 4 is 12.4 Å². The zero-order valence-corrected chi connectivity index (χ0v) is 7.61. The topological polar surface area (TPSA) is 42.9 Å². The van der Waals surface area contributed by atoms with E-state index in [4.69, 9.17) is 0 Å². The molecule has 1 heterocycles. The van der Waals surface area contributed by atoms with Gasteiger partial charge in [-0.1, -0.05) is 6.92 Å². The number of carbonyl (C=O) groups is 1. The number of carbonyl (C=O) groups excluding carboxylic acids is 1. The van der Waals surface area contributed by atoms with Crippen molar-refractivity contribution in [1.82, 2.24) is 10.2 Å². The highest BCUT2D eigenvalue weighted by Gasteiger charge is 2.22. The molecule has 1 atom stereocenters. The molecular formula is C10H10N2O. The van der Waals surface area contributed by atoms with E-state index in [-0.39, 0.29) is 5.92 Å². The number of nitrogens with zero attached hydrogens (tertiary/aromatic N) is 2. The number of aldehydes is 1. The quantitative estimate of drug-likeness (QED) is 0.606. The van der Waals surface area contributed by atoms with Crippen LogP contribution in [0, 0.1) is 6.92 Å². The Morgan fingerprint density at radius 1 is 1.46 bits per heavy atom. The van der Waals surface area contributed by atoms with E-state index in [0.29, 0.717) is 0 Å². The van der Waals surface area contributed by atoms with E-state index in [9.17, 15) is 4.79 Å². The normalized spacial score (nSPS) is 19.5. The van der Waals surface area contributed by atoms with E-state index in [2.05, 4.69) is 10.2 Å². The van der Waals surface area contributed by atoms with Gasteiger partial charge in [0, 0.05) is 17.1 Å². The van der Waals surface area contributed by atoms with Crippen LogP contribution in [0.2, 0.25) is 0 Å². The standard InChI is InChI=1S/C10H10N2O/c1-6-3-8-4-9(5-13)7(2)10(8)12-11-6/h3-5,7H,1-2H3. The lowest BCUT2D eigenvalue weighted by atomic mass is 10.0. The molecule has 2 rings (SSSR count). The molecule has 0 fully saturated rings. The van der Waals surface area contributed by atoms with Crippen LogP contribution in [0.25, 0.3) is 6.08 Å². The second-order valence-electron chi connectivity index (χ2n) is 3.31. The van der Waals surface area contributed by atoms with Crippen LogP contribution in [0.4, 0.5) is 0 Å². The summed E-state index contributed by atoms with van der Waals surface area (Å²) in [6.07, 6.45) is 2.77. The van der Waals surface area contributed by atoms with Gasteiger partial charge in [0.1, 0.15) is 6.29 Å². The molecule has 1 unspecified atom stereocenters. The molecule has 0 radical (unpaired) electrons. The number of hydrogen-bond acceptors (Lipinski definition) is 3. The van der Waals surface area contributed by atoms with Crippen LogP contribution in [0.3, 0.4) is 0 Å². The number of rotatable bonds is 1. The highest BCUT2D eigenvalue weighted by molar-refractivity contribution is 5.87. The third kappa shape index (κ3) is 1.16. The van der Waals surface area contributed by atoms with E-state index in [1.54, 1.807) is 0 Å². The molecule has 0 saturated heterocycles. The van der Waals surface area contributed by atoms with Crippen LogP contribution in [0.1, 0.15) is 29.8 Å². The maximum Gasteiger partial charge on any atom is 0.146 e. The van der Waals surface area contributed by atoms with Gasteiger partial charge in [-0.05, 0) is 19.1 Å². The number of aryl methyl sites for hydroxylation is 1. The highest BCUT2D eigenvalue weighted by Crippen LogP contribution is 2.32. The Morgan fingerprint density at radius 2 is 2.23 bits per heavy atom. The molecular weight excluding hydrogens is 164 g/mol. The van der Waals surface area contributed by atoms with Crippen LogP contribution in [-0.4, -0.2) is 16.5 Å². The fourth-order valence-corrected chi connectivity index (χ4v) is 1.57. The molecule has 3 heteroatoms. The SMILES string of the molecule is Cc1cc2c(nn1)C(C)C(C=O)=C2. The minimum Gasteiger partial charge on any atom is -0.298 e. The molecule has 3 nitrogen and oxygen atoms in total. The van der Waals surface area contributed by atoms with Crippen molar-refractivity contribution in [3.05, 3.63) is 28.6 Å². The molecule has 13 heavy (non-hydrogen) atoms. The van der Waals surface area contributed by atoms with Crippen LogP contribution >= 0.6 is 0 Å². The summed E-state index contributed by atoms with van der Waals surface area (Å²) in [5.74, 6) is 0.0978. The van der Waals surface area contributed by atoms with Crippen molar-refractivity contribution in [2.45, 2.75) is 19.8 Å². The van der Waals surface area contributed by atoms with Crippen LogP contribution in [0.15, 0.2) is 11.6 Å². The summed E-state index contributed by atoms with van der Waals surface area (Å²) in [6, 6.07) is 1.95. The van der Waals surface area contributed by atoms with E-state index in [1.165, 1.54) is 0 Å². The average molecular weight is 174 g/mol. The predicted octanol–water partition coefficient (Wildman–Crippen LogP) is 1.48. The molecule has 1 aromatic heterocycles. The largest absolute Gasteiger partial charge is 0.298 e. The van der Waals surface area contributed by atoms with Gasteiger partial charge >= 0.3 is 0 Å². The summed E-state index contributed by atoms with van der Waals surface area (Å²) in [7, 11) is 0. The summed E-state index contributed by atoms with van der Waals surface area (Å²) in [5.41, 5.74) is 3.61. The number of allylic oxidation sites excluding steroid dienone is 1. The third-order valence-corrected chi connectivity index (χ3v) is 2.34. The van der Waals surface area contributed by atoms with E-state index in [1.807, 2.05) is 26.0 Å². The van der Waals surface area contributed by atoms with Crippen molar-refractivity contribution in [1.29, 1.82) is 0 Å². The first-order valence-electron chi connectivity index (χ1n) is 4.23.